The fourth-order valence-electron chi connectivity index (χ4n) is 6.60. The largest absolute Gasteiger partial charge is 0.508 e. The van der Waals surface area contributed by atoms with E-state index in [2.05, 4.69) is 42.5 Å². The highest BCUT2D eigenvalue weighted by molar-refractivity contribution is 5.98. The fraction of sp³-hybridized carbons (Fsp3) is 0.667. The maximum Gasteiger partial charge on any atom is 0.326 e. The van der Waals surface area contributed by atoms with Crippen molar-refractivity contribution in [3.05, 3.63) is 29.8 Å². The number of hydrogen-bond acceptors (Lipinski definition) is 14. The van der Waals surface area contributed by atoms with Gasteiger partial charge in [0.05, 0.1) is 25.4 Å². The molecule has 1 aromatic rings. The highest BCUT2D eigenvalue weighted by Crippen LogP contribution is 2.15. The number of nitrogens with two attached hydrogens (primary N) is 1. The first kappa shape index (κ1) is 60.1. The molecule has 8 amide bonds. The van der Waals surface area contributed by atoms with E-state index in [1.807, 2.05) is 0 Å². The molecule has 15 N–H and O–H groups in total. The summed E-state index contributed by atoms with van der Waals surface area (Å²) in [5.74, 6) is -10.4. The van der Waals surface area contributed by atoms with Crippen molar-refractivity contribution in [3.63, 3.8) is 0 Å². The van der Waals surface area contributed by atoms with Gasteiger partial charge in [0.15, 0.2) is 0 Å². The smallest absolute Gasteiger partial charge is 0.326 e. The first-order valence-corrected chi connectivity index (χ1v) is 22.8. The average Bonchev–Trinajstić information content (AvgIpc) is 3.27. The van der Waals surface area contributed by atoms with Crippen LogP contribution >= 0.6 is 0 Å². The molecule has 23 nitrogen and oxygen atoms in total. The first-order chi connectivity index (χ1) is 31.7. The lowest BCUT2D eigenvalue weighted by Gasteiger charge is -2.31. The second-order valence-electron chi connectivity index (χ2n) is 17.9. The summed E-state index contributed by atoms with van der Waals surface area (Å²) in [5.41, 5.74) is 6.76. The second-order valence-corrected chi connectivity index (χ2v) is 17.9. The summed E-state index contributed by atoms with van der Waals surface area (Å²) in [5, 5.41) is 69.2. The van der Waals surface area contributed by atoms with Crippen LogP contribution in [0, 0.1) is 23.7 Å². The molecule has 0 bridgehead atoms. The number of carbonyl (C=O) groups is 9. The van der Waals surface area contributed by atoms with E-state index >= 15 is 0 Å². The third-order valence-corrected chi connectivity index (χ3v) is 11.3. The predicted molar refractivity (Wildman–Crippen MR) is 248 cm³/mol. The van der Waals surface area contributed by atoms with Gasteiger partial charge in [0, 0.05) is 0 Å². The van der Waals surface area contributed by atoms with Gasteiger partial charge in [-0.05, 0) is 68.1 Å². The molecule has 0 aromatic heterocycles. The Kier molecular flexibility index (Phi) is 25.7. The van der Waals surface area contributed by atoms with E-state index in [1.165, 1.54) is 26.0 Å². The Morgan fingerprint density at radius 2 is 0.926 bits per heavy atom. The number of carbonyl (C=O) groups excluding carboxylic acids is 8. The number of carboxylic acids is 1. The van der Waals surface area contributed by atoms with E-state index in [0.29, 0.717) is 18.4 Å². The third-order valence-electron chi connectivity index (χ3n) is 11.3. The van der Waals surface area contributed by atoms with Gasteiger partial charge in [0.1, 0.15) is 54.1 Å². The van der Waals surface area contributed by atoms with E-state index < -0.39 is 145 Å². The van der Waals surface area contributed by atoms with Gasteiger partial charge in [-0.2, -0.15) is 0 Å². The van der Waals surface area contributed by atoms with Crippen LogP contribution in [0.4, 0.5) is 0 Å². The lowest BCUT2D eigenvalue weighted by atomic mass is 9.94. The quantitative estimate of drug-likeness (QED) is 0.0392. The van der Waals surface area contributed by atoms with Gasteiger partial charge in [0.25, 0.3) is 0 Å². The van der Waals surface area contributed by atoms with Crippen LogP contribution in [0.25, 0.3) is 0 Å². The second kappa shape index (κ2) is 29.1. The highest BCUT2D eigenvalue weighted by atomic mass is 16.4. The molecule has 1 rings (SSSR count). The molecular formula is C45H75N9O14. The molecule has 0 aliphatic carbocycles. The molecule has 1 aromatic carbocycles. The zero-order valence-electron chi connectivity index (χ0n) is 40.6. The summed E-state index contributed by atoms with van der Waals surface area (Å²) in [6.45, 7) is 13.9. The topological polar surface area (TPSA) is 377 Å². The molecule has 0 spiro atoms. The van der Waals surface area contributed by atoms with Crippen molar-refractivity contribution in [2.75, 3.05) is 13.2 Å². The van der Waals surface area contributed by atoms with Crippen LogP contribution in [0.1, 0.15) is 94.1 Å². The molecule has 23 heteroatoms. The fourth-order valence-corrected chi connectivity index (χ4v) is 6.60. The van der Waals surface area contributed by atoms with Crippen molar-refractivity contribution in [2.24, 2.45) is 29.4 Å². The number of benzene rings is 1. The Morgan fingerprint density at radius 1 is 0.529 bits per heavy atom. The Labute approximate surface area is 397 Å². The van der Waals surface area contributed by atoms with Crippen molar-refractivity contribution >= 4 is 53.2 Å². The van der Waals surface area contributed by atoms with Crippen LogP contribution in [0.15, 0.2) is 24.3 Å². The number of aliphatic hydroxyl groups excluding tert-OH is 3. The van der Waals surface area contributed by atoms with Gasteiger partial charge >= 0.3 is 5.97 Å². The SMILES string of the molecule is CC[C@H](C)[C@H](NC(=O)[C@H](CO)NC(=O)[C@@H](NC(=O)[C@H](CC(C)C)NC(=O)[C@@H](N)Cc1ccc(O)cc1)[C@@H](C)O)C(=O)N[C@H](C(=O)N[C@@H](CO)C(=O)N[C@@H](C)C(=O)N[C@H](C(=O)O)C(C)C)[C@@H](C)CC. The molecule has 0 unspecified atom stereocenters. The number of hydrogen-bond donors (Lipinski definition) is 14. The molecule has 0 radical (unpaired) electrons. The van der Waals surface area contributed by atoms with Crippen LogP contribution in [-0.2, 0) is 49.6 Å². The molecular weight excluding hydrogens is 891 g/mol. The number of nitrogens with one attached hydrogen (secondary N) is 8. The lowest BCUT2D eigenvalue weighted by Crippen LogP contribution is -2.63. The van der Waals surface area contributed by atoms with Crippen molar-refractivity contribution in [1.82, 2.24) is 42.5 Å². The zero-order valence-corrected chi connectivity index (χ0v) is 40.6. The Hall–Kier alpha value is -5.91. The van der Waals surface area contributed by atoms with E-state index in [9.17, 15) is 68.7 Å². The van der Waals surface area contributed by atoms with E-state index in [-0.39, 0.29) is 24.5 Å². The number of phenols is 1. The summed E-state index contributed by atoms with van der Waals surface area (Å²) in [6.07, 6.45) is -0.747. The third kappa shape index (κ3) is 19.4. The van der Waals surface area contributed by atoms with Crippen LogP contribution in [0.2, 0.25) is 0 Å². The van der Waals surface area contributed by atoms with E-state index in [4.69, 9.17) is 5.73 Å². The summed E-state index contributed by atoms with van der Waals surface area (Å²) in [4.78, 5) is 119. The monoisotopic (exact) mass is 966 g/mol. The maximum absolute atomic E-state index is 13.9. The van der Waals surface area contributed by atoms with Crippen molar-refractivity contribution in [2.45, 2.75) is 155 Å². The Morgan fingerprint density at radius 3 is 1.35 bits per heavy atom. The van der Waals surface area contributed by atoms with Crippen molar-refractivity contribution < 1.29 is 68.7 Å². The lowest BCUT2D eigenvalue weighted by molar-refractivity contribution is -0.143. The predicted octanol–water partition coefficient (Wildman–Crippen LogP) is -2.60. The summed E-state index contributed by atoms with van der Waals surface area (Å²) in [7, 11) is 0. The minimum absolute atomic E-state index is 0.0252. The molecule has 0 saturated carbocycles. The van der Waals surface area contributed by atoms with Gasteiger partial charge in [0.2, 0.25) is 47.3 Å². The molecule has 68 heavy (non-hydrogen) atoms. The Bertz CT molecular complexity index is 1870. The van der Waals surface area contributed by atoms with Crippen LogP contribution in [0.5, 0.6) is 5.75 Å². The van der Waals surface area contributed by atoms with Crippen LogP contribution in [-0.4, -0.2) is 152 Å². The number of phenolic OH excluding ortho intramolecular Hbond substituents is 1. The van der Waals surface area contributed by atoms with Gasteiger partial charge in [-0.1, -0.05) is 80.4 Å². The summed E-state index contributed by atoms with van der Waals surface area (Å²) in [6, 6.07) is -6.56. The highest BCUT2D eigenvalue weighted by Gasteiger charge is 2.37. The van der Waals surface area contributed by atoms with Gasteiger partial charge < -0.3 is 73.8 Å². The van der Waals surface area contributed by atoms with Crippen LogP contribution < -0.4 is 48.3 Å². The van der Waals surface area contributed by atoms with Crippen molar-refractivity contribution in [3.8, 4) is 5.75 Å². The minimum atomic E-state index is -1.73. The standard InChI is InChI=1S/C45H75N9O14/c1-11-23(7)34(42(64)49-31(19-55)40(62)47-25(9)37(59)51-33(22(5)6)45(67)68)53-43(65)35(24(8)12-2)52-41(63)32(20-56)50-44(66)36(26(10)57)54-39(61)30(17-21(3)4)48-38(60)29(46)18-27-13-15-28(58)16-14-27/h13-16,21-26,29-36,55-58H,11-12,17-20,46H2,1-10H3,(H,47,62)(H,48,60)(H,49,64)(H,50,66)(H,51,59)(H,52,63)(H,53,65)(H,54,61)(H,67,68)/t23-,24-,25-,26+,29-,30-,31-,32-,33-,34-,35-,36-/m0/s1. The normalized spacial score (nSPS) is 16.6. The number of carboxylic acid groups (broad SMARTS) is 1. The number of rotatable bonds is 29. The van der Waals surface area contributed by atoms with Gasteiger partial charge in [-0.15, -0.1) is 0 Å². The Balaban J connectivity index is 3.18. The number of aliphatic hydroxyl groups is 3. The van der Waals surface area contributed by atoms with E-state index in [0.717, 1.165) is 0 Å². The molecule has 384 valence electrons. The first-order valence-electron chi connectivity index (χ1n) is 22.8. The van der Waals surface area contributed by atoms with Gasteiger partial charge in [-0.3, -0.25) is 38.4 Å². The molecule has 0 aliphatic rings. The summed E-state index contributed by atoms with van der Waals surface area (Å²) >= 11 is 0. The average molecular weight is 966 g/mol. The maximum atomic E-state index is 13.9. The molecule has 0 heterocycles. The molecule has 12 atom stereocenters. The van der Waals surface area contributed by atoms with Gasteiger partial charge in [-0.25, -0.2) is 4.79 Å². The molecule has 0 fully saturated rings. The number of aromatic hydroxyl groups is 1. The zero-order chi connectivity index (χ0) is 52.2. The number of aliphatic carboxylic acids is 1. The van der Waals surface area contributed by atoms with E-state index in [1.54, 1.807) is 67.5 Å². The molecule has 0 aliphatic heterocycles. The van der Waals surface area contributed by atoms with Crippen LogP contribution in [0.3, 0.4) is 0 Å². The minimum Gasteiger partial charge on any atom is -0.508 e. The number of amides is 8. The summed E-state index contributed by atoms with van der Waals surface area (Å²) < 4.78 is 0. The van der Waals surface area contributed by atoms with Crippen molar-refractivity contribution in [1.29, 1.82) is 0 Å². The molecule has 0 saturated heterocycles.